The van der Waals surface area contributed by atoms with Gasteiger partial charge < -0.3 is 9.47 Å². The maximum Gasteiger partial charge on any atom is 0.231 e. The van der Waals surface area contributed by atoms with Crippen molar-refractivity contribution in [3.8, 4) is 11.5 Å². The van der Waals surface area contributed by atoms with Crippen molar-refractivity contribution >= 4 is 35.1 Å². The number of allylic oxidation sites excluding steroid dienone is 1. The molecule has 0 unspecified atom stereocenters. The Morgan fingerprint density at radius 3 is 2.54 bits per heavy atom. The number of fused-ring (bicyclic) bond motifs is 1. The fourth-order valence-corrected chi connectivity index (χ4v) is 3.23. The molecule has 1 heterocycles. The first kappa shape index (κ1) is 18.5. The van der Waals surface area contributed by atoms with Crippen LogP contribution in [0.3, 0.4) is 0 Å². The molecule has 0 amide bonds. The highest BCUT2D eigenvalue weighted by molar-refractivity contribution is 6.35. The van der Waals surface area contributed by atoms with E-state index >= 15 is 0 Å². The number of hydrogen-bond acceptors (Lipinski definition) is 3. The number of ether oxygens (including phenoxy) is 2. The third-order valence-electron chi connectivity index (χ3n) is 4.22. The molecule has 0 saturated carbocycles. The molecule has 140 valence electrons. The van der Waals surface area contributed by atoms with Crippen LogP contribution in [0.5, 0.6) is 11.5 Å². The van der Waals surface area contributed by atoms with Gasteiger partial charge in [-0.2, -0.15) is 0 Å². The lowest BCUT2D eigenvalue weighted by Crippen LogP contribution is -1.98. The molecule has 0 aromatic heterocycles. The lowest BCUT2D eigenvalue weighted by molar-refractivity contribution is 0.101. The van der Waals surface area contributed by atoms with E-state index in [0.29, 0.717) is 32.7 Å². The van der Waals surface area contributed by atoms with Crippen LogP contribution in [-0.2, 0) is 6.61 Å². The molecule has 6 heteroatoms. The minimum absolute atomic E-state index is 0.180. The zero-order valence-electron chi connectivity index (χ0n) is 14.4. The normalized spacial score (nSPS) is 14.1. The van der Waals surface area contributed by atoms with Crippen LogP contribution in [0, 0.1) is 5.82 Å². The summed E-state index contributed by atoms with van der Waals surface area (Å²) in [6, 6.07) is 16.0. The van der Waals surface area contributed by atoms with Gasteiger partial charge in [0.1, 0.15) is 23.9 Å². The van der Waals surface area contributed by atoms with Crippen molar-refractivity contribution < 1.29 is 18.7 Å². The van der Waals surface area contributed by atoms with Crippen molar-refractivity contribution in [3.63, 3.8) is 0 Å². The van der Waals surface area contributed by atoms with E-state index in [0.717, 1.165) is 5.56 Å². The highest BCUT2D eigenvalue weighted by Crippen LogP contribution is 2.35. The molecule has 3 aromatic rings. The Morgan fingerprint density at radius 1 is 1.00 bits per heavy atom. The molecule has 1 aliphatic heterocycles. The first-order chi connectivity index (χ1) is 13.5. The summed E-state index contributed by atoms with van der Waals surface area (Å²) in [4.78, 5) is 12.5. The molecule has 3 aromatic carbocycles. The predicted molar refractivity (Wildman–Crippen MR) is 107 cm³/mol. The summed E-state index contributed by atoms with van der Waals surface area (Å²) < 4.78 is 24.5. The molecule has 0 bridgehead atoms. The number of benzene rings is 3. The quantitative estimate of drug-likeness (QED) is 0.468. The Kier molecular flexibility index (Phi) is 5.07. The number of ketones is 1. The lowest BCUT2D eigenvalue weighted by atomic mass is 10.1. The van der Waals surface area contributed by atoms with E-state index in [-0.39, 0.29) is 24.0 Å². The first-order valence-corrected chi connectivity index (χ1v) is 9.16. The van der Waals surface area contributed by atoms with E-state index in [1.54, 1.807) is 54.6 Å². The van der Waals surface area contributed by atoms with Crippen LogP contribution >= 0.6 is 23.2 Å². The van der Waals surface area contributed by atoms with E-state index in [1.165, 1.54) is 12.1 Å². The Bertz CT molecular complexity index is 1090. The van der Waals surface area contributed by atoms with Crippen LogP contribution in [-0.4, -0.2) is 5.78 Å². The Balaban J connectivity index is 1.51. The van der Waals surface area contributed by atoms with Crippen LogP contribution in [0.4, 0.5) is 4.39 Å². The van der Waals surface area contributed by atoms with Crippen LogP contribution in [0.1, 0.15) is 21.5 Å². The SMILES string of the molecule is O=C1/C(=C/c2ccc(F)cc2)Oc2cc(OCc3ccc(Cl)cc3Cl)ccc21. The van der Waals surface area contributed by atoms with Crippen LogP contribution in [0.2, 0.25) is 10.0 Å². The average Bonchev–Trinajstić information content (AvgIpc) is 2.98. The smallest absolute Gasteiger partial charge is 0.231 e. The second-order valence-electron chi connectivity index (χ2n) is 6.17. The van der Waals surface area contributed by atoms with Gasteiger partial charge in [-0.15, -0.1) is 0 Å². The summed E-state index contributed by atoms with van der Waals surface area (Å²) in [6.45, 7) is 0.251. The molecule has 0 spiro atoms. The van der Waals surface area contributed by atoms with Gasteiger partial charge in [0.25, 0.3) is 0 Å². The van der Waals surface area contributed by atoms with Crippen molar-refractivity contribution in [2.75, 3.05) is 0 Å². The van der Waals surface area contributed by atoms with Crippen molar-refractivity contribution in [1.82, 2.24) is 0 Å². The fourth-order valence-electron chi connectivity index (χ4n) is 2.77. The first-order valence-electron chi connectivity index (χ1n) is 8.40. The zero-order valence-corrected chi connectivity index (χ0v) is 15.9. The topological polar surface area (TPSA) is 35.5 Å². The number of hydrogen-bond donors (Lipinski definition) is 0. The zero-order chi connectivity index (χ0) is 19.7. The Labute approximate surface area is 170 Å². The molecule has 0 saturated heterocycles. The second-order valence-corrected chi connectivity index (χ2v) is 7.02. The van der Waals surface area contributed by atoms with Gasteiger partial charge in [-0.25, -0.2) is 4.39 Å². The van der Waals surface area contributed by atoms with E-state index < -0.39 is 0 Å². The van der Waals surface area contributed by atoms with E-state index in [1.807, 2.05) is 0 Å². The van der Waals surface area contributed by atoms with Crippen LogP contribution < -0.4 is 9.47 Å². The third kappa shape index (κ3) is 3.88. The van der Waals surface area contributed by atoms with Gasteiger partial charge in [0, 0.05) is 21.7 Å². The monoisotopic (exact) mass is 414 g/mol. The van der Waals surface area contributed by atoms with Crippen LogP contribution in [0.15, 0.2) is 66.4 Å². The molecule has 0 radical (unpaired) electrons. The molecule has 28 heavy (non-hydrogen) atoms. The summed E-state index contributed by atoms with van der Waals surface area (Å²) in [5, 5.41) is 1.07. The molecule has 4 rings (SSSR count). The summed E-state index contributed by atoms with van der Waals surface area (Å²) in [7, 11) is 0. The maximum absolute atomic E-state index is 13.0. The lowest BCUT2D eigenvalue weighted by Gasteiger charge is -2.09. The summed E-state index contributed by atoms with van der Waals surface area (Å²) in [5.74, 6) is 0.566. The van der Waals surface area contributed by atoms with E-state index in [4.69, 9.17) is 32.7 Å². The Hall–Kier alpha value is -2.82. The maximum atomic E-state index is 13.0. The number of carbonyl (C=O) groups is 1. The minimum Gasteiger partial charge on any atom is -0.489 e. The molecule has 0 N–H and O–H groups in total. The summed E-state index contributed by atoms with van der Waals surface area (Å²) >= 11 is 12.0. The molecule has 3 nitrogen and oxygen atoms in total. The van der Waals surface area contributed by atoms with Gasteiger partial charge in [0.2, 0.25) is 5.78 Å². The fraction of sp³-hybridized carbons (Fsp3) is 0.0455. The molecule has 1 aliphatic rings. The van der Waals surface area contributed by atoms with Crippen molar-refractivity contribution in [2.24, 2.45) is 0 Å². The van der Waals surface area contributed by atoms with Gasteiger partial charge in [-0.05, 0) is 48.0 Å². The number of rotatable bonds is 4. The number of halogens is 3. The highest BCUT2D eigenvalue weighted by Gasteiger charge is 2.27. The van der Waals surface area contributed by atoms with E-state index in [9.17, 15) is 9.18 Å². The third-order valence-corrected chi connectivity index (χ3v) is 4.81. The Morgan fingerprint density at radius 2 is 1.79 bits per heavy atom. The second kappa shape index (κ2) is 7.66. The van der Waals surface area contributed by atoms with Crippen molar-refractivity contribution in [1.29, 1.82) is 0 Å². The van der Waals surface area contributed by atoms with Gasteiger partial charge in [0.05, 0.1) is 5.56 Å². The van der Waals surface area contributed by atoms with Crippen LogP contribution in [0.25, 0.3) is 6.08 Å². The van der Waals surface area contributed by atoms with Crippen molar-refractivity contribution in [3.05, 3.63) is 99.0 Å². The highest BCUT2D eigenvalue weighted by atomic mass is 35.5. The molecular formula is C22H13Cl2FO3. The number of Topliss-reactive ketones (excluding diaryl/α,β-unsaturated/α-hetero) is 1. The van der Waals surface area contributed by atoms with Crippen molar-refractivity contribution in [2.45, 2.75) is 6.61 Å². The van der Waals surface area contributed by atoms with Gasteiger partial charge in [-0.1, -0.05) is 41.4 Å². The molecular weight excluding hydrogens is 402 g/mol. The molecule has 0 aliphatic carbocycles. The largest absolute Gasteiger partial charge is 0.489 e. The molecule has 0 atom stereocenters. The summed E-state index contributed by atoms with van der Waals surface area (Å²) in [6.07, 6.45) is 1.58. The van der Waals surface area contributed by atoms with Gasteiger partial charge in [0.15, 0.2) is 5.76 Å². The summed E-state index contributed by atoms with van der Waals surface area (Å²) in [5.41, 5.74) is 1.91. The average molecular weight is 415 g/mol. The van der Waals surface area contributed by atoms with Gasteiger partial charge >= 0.3 is 0 Å². The number of carbonyl (C=O) groups excluding carboxylic acids is 1. The minimum atomic E-state index is -0.341. The standard InChI is InChI=1S/C22H13Cl2FO3/c23-15-4-3-14(19(24)10-15)12-27-17-7-8-18-20(11-17)28-21(22(18)26)9-13-1-5-16(25)6-2-13/h1-11H,12H2/b21-9-. The molecule has 0 fully saturated rings. The van der Waals surface area contributed by atoms with Gasteiger partial charge in [-0.3, -0.25) is 4.79 Å². The van der Waals surface area contributed by atoms with E-state index in [2.05, 4.69) is 0 Å². The predicted octanol–water partition coefficient (Wildman–Crippen LogP) is 6.33.